The average Bonchev–Trinajstić information content (AvgIpc) is 2.28. The Bertz CT molecular complexity index is 336. The van der Waals surface area contributed by atoms with E-state index in [-0.39, 0.29) is 12.5 Å². The van der Waals surface area contributed by atoms with Gasteiger partial charge in [0, 0.05) is 20.6 Å². The molecule has 88 valence electrons. The Labute approximate surface area is 95.4 Å². The second-order valence-corrected chi connectivity index (χ2v) is 3.59. The fourth-order valence-corrected chi connectivity index (χ4v) is 1.06. The Balaban J connectivity index is 2.46. The molecule has 16 heavy (non-hydrogen) atoms. The molecule has 0 fully saturated rings. The van der Waals surface area contributed by atoms with Crippen LogP contribution in [0.2, 0.25) is 0 Å². The molecule has 0 bridgehead atoms. The first-order valence-corrected chi connectivity index (χ1v) is 5.06. The van der Waals surface area contributed by atoms with Crippen molar-refractivity contribution in [2.75, 3.05) is 27.7 Å². The Morgan fingerprint density at radius 2 is 2.25 bits per heavy atom. The normalized spacial score (nSPS) is 9.94. The molecule has 5 heteroatoms. The summed E-state index contributed by atoms with van der Waals surface area (Å²) in [6, 6.07) is 3.68. The number of likely N-dealkylation sites (N-methyl/N-ethyl adjacent to an activating group) is 1. The number of aromatic nitrogens is 1. The number of pyridine rings is 1. The molecular weight excluding hydrogens is 206 g/mol. The number of amides is 1. The molecule has 1 aromatic rings. The number of carbonyl (C=O) groups is 1. The molecular formula is C11H17N3O2. The quantitative estimate of drug-likeness (QED) is 0.778. The first-order valence-electron chi connectivity index (χ1n) is 5.06. The van der Waals surface area contributed by atoms with Crippen LogP contribution in [0.15, 0.2) is 18.3 Å². The summed E-state index contributed by atoms with van der Waals surface area (Å²) in [5, 5.41) is 3.00. The summed E-state index contributed by atoms with van der Waals surface area (Å²) >= 11 is 0. The predicted molar refractivity (Wildman–Crippen MR) is 61.2 cm³/mol. The van der Waals surface area contributed by atoms with Gasteiger partial charge in [-0.3, -0.25) is 9.78 Å². The van der Waals surface area contributed by atoms with Gasteiger partial charge in [0.15, 0.2) is 6.61 Å². The summed E-state index contributed by atoms with van der Waals surface area (Å²) in [6.45, 7) is 0.761. The molecule has 0 spiro atoms. The lowest BCUT2D eigenvalue weighted by molar-refractivity contribution is -0.130. The van der Waals surface area contributed by atoms with Gasteiger partial charge in [-0.2, -0.15) is 0 Å². The molecule has 1 amide bonds. The van der Waals surface area contributed by atoms with Gasteiger partial charge in [-0.15, -0.1) is 0 Å². The largest absolute Gasteiger partial charge is 0.482 e. The Hall–Kier alpha value is -1.62. The number of hydrogen-bond donors (Lipinski definition) is 1. The van der Waals surface area contributed by atoms with Crippen molar-refractivity contribution in [1.29, 1.82) is 0 Å². The van der Waals surface area contributed by atoms with Crippen LogP contribution in [0, 0.1) is 0 Å². The maximum absolute atomic E-state index is 11.3. The maximum Gasteiger partial charge on any atom is 0.259 e. The van der Waals surface area contributed by atoms with Crippen molar-refractivity contribution in [3.63, 3.8) is 0 Å². The minimum atomic E-state index is -0.0701. The smallest absolute Gasteiger partial charge is 0.259 e. The summed E-state index contributed by atoms with van der Waals surface area (Å²) in [5.74, 6) is 0.536. The van der Waals surface area contributed by atoms with Crippen LogP contribution in [0.5, 0.6) is 5.75 Å². The summed E-state index contributed by atoms with van der Waals surface area (Å²) < 4.78 is 5.29. The summed E-state index contributed by atoms with van der Waals surface area (Å²) in [5.41, 5.74) is 0.939. The van der Waals surface area contributed by atoms with Gasteiger partial charge in [0.05, 0.1) is 11.9 Å². The Kier molecular flexibility index (Phi) is 4.72. The highest BCUT2D eigenvalue weighted by Crippen LogP contribution is 2.08. The molecule has 0 aliphatic carbocycles. The number of hydrogen-bond acceptors (Lipinski definition) is 4. The van der Waals surface area contributed by atoms with Gasteiger partial charge in [0.25, 0.3) is 5.91 Å². The van der Waals surface area contributed by atoms with Gasteiger partial charge in [-0.1, -0.05) is 0 Å². The molecule has 0 aliphatic rings. The van der Waals surface area contributed by atoms with Gasteiger partial charge in [-0.25, -0.2) is 0 Å². The summed E-state index contributed by atoms with van der Waals surface area (Å²) in [7, 11) is 5.25. The number of carbonyl (C=O) groups excluding carboxylic acids is 1. The highest BCUT2D eigenvalue weighted by Gasteiger charge is 2.04. The number of rotatable bonds is 5. The van der Waals surface area contributed by atoms with Crippen molar-refractivity contribution < 1.29 is 9.53 Å². The van der Waals surface area contributed by atoms with Crippen molar-refractivity contribution in [3.8, 4) is 5.75 Å². The van der Waals surface area contributed by atoms with Gasteiger partial charge in [0.2, 0.25) is 0 Å². The van der Waals surface area contributed by atoms with Gasteiger partial charge >= 0.3 is 0 Å². The third kappa shape index (κ3) is 3.86. The first kappa shape index (κ1) is 12.4. The molecule has 1 N–H and O–H groups in total. The van der Waals surface area contributed by atoms with Crippen LogP contribution in [0.3, 0.4) is 0 Å². The monoisotopic (exact) mass is 223 g/mol. The Morgan fingerprint density at radius 3 is 2.75 bits per heavy atom. The zero-order valence-electron chi connectivity index (χ0n) is 9.86. The van der Waals surface area contributed by atoms with Gasteiger partial charge in [-0.05, 0) is 19.2 Å². The van der Waals surface area contributed by atoms with Gasteiger partial charge in [0.1, 0.15) is 5.75 Å². The molecule has 1 rings (SSSR count). The second kappa shape index (κ2) is 6.07. The SMILES string of the molecule is CNCc1ccc(OCC(=O)N(C)C)cn1. The summed E-state index contributed by atoms with van der Waals surface area (Å²) in [4.78, 5) is 16.9. The number of nitrogens with zero attached hydrogens (tertiary/aromatic N) is 2. The maximum atomic E-state index is 11.3. The molecule has 5 nitrogen and oxygen atoms in total. The lowest BCUT2D eigenvalue weighted by Gasteiger charge is -2.11. The van der Waals surface area contributed by atoms with E-state index in [0.29, 0.717) is 5.75 Å². The minimum Gasteiger partial charge on any atom is -0.482 e. The number of nitrogens with one attached hydrogen (secondary N) is 1. The van der Waals surface area contributed by atoms with E-state index < -0.39 is 0 Å². The number of ether oxygens (including phenoxy) is 1. The molecule has 1 aromatic heterocycles. The molecule has 0 radical (unpaired) electrons. The van der Waals surface area contributed by atoms with Crippen molar-refractivity contribution >= 4 is 5.91 Å². The average molecular weight is 223 g/mol. The lowest BCUT2D eigenvalue weighted by atomic mass is 10.3. The van der Waals surface area contributed by atoms with Crippen LogP contribution >= 0.6 is 0 Å². The molecule has 0 aromatic carbocycles. The van der Waals surface area contributed by atoms with E-state index in [1.54, 1.807) is 20.3 Å². The first-order chi connectivity index (χ1) is 7.63. The van der Waals surface area contributed by atoms with Crippen LogP contribution in [0.4, 0.5) is 0 Å². The van der Waals surface area contributed by atoms with E-state index in [1.165, 1.54) is 4.90 Å². The highest BCUT2D eigenvalue weighted by atomic mass is 16.5. The highest BCUT2D eigenvalue weighted by molar-refractivity contribution is 5.77. The van der Waals surface area contributed by atoms with E-state index in [9.17, 15) is 4.79 Å². The third-order valence-electron chi connectivity index (χ3n) is 2.02. The fraction of sp³-hybridized carbons (Fsp3) is 0.455. The second-order valence-electron chi connectivity index (χ2n) is 3.59. The molecule has 0 atom stereocenters. The molecule has 0 saturated heterocycles. The van der Waals surface area contributed by atoms with E-state index in [1.807, 2.05) is 19.2 Å². The molecule has 1 heterocycles. The van der Waals surface area contributed by atoms with Crippen molar-refractivity contribution in [2.45, 2.75) is 6.54 Å². The van der Waals surface area contributed by atoms with E-state index in [4.69, 9.17) is 4.74 Å². The van der Waals surface area contributed by atoms with Crippen LogP contribution in [0.1, 0.15) is 5.69 Å². The van der Waals surface area contributed by atoms with Crippen LogP contribution < -0.4 is 10.1 Å². The topological polar surface area (TPSA) is 54.5 Å². The van der Waals surface area contributed by atoms with Crippen molar-refractivity contribution in [2.24, 2.45) is 0 Å². The fourth-order valence-electron chi connectivity index (χ4n) is 1.06. The minimum absolute atomic E-state index is 0.0417. The van der Waals surface area contributed by atoms with Crippen molar-refractivity contribution in [3.05, 3.63) is 24.0 Å². The predicted octanol–water partition coefficient (Wildman–Crippen LogP) is 0.268. The van der Waals surface area contributed by atoms with Crippen LogP contribution in [-0.4, -0.2) is 43.5 Å². The lowest BCUT2D eigenvalue weighted by Crippen LogP contribution is -2.27. The molecule has 0 unspecified atom stereocenters. The zero-order chi connectivity index (χ0) is 12.0. The van der Waals surface area contributed by atoms with E-state index in [0.717, 1.165) is 12.2 Å². The van der Waals surface area contributed by atoms with Crippen LogP contribution in [-0.2, 0) is 11.3 Å². The van der Waals surface area contributed by atoms with Crippen molar-refractivity contribution in [1.82, 2.24) is 15.2 Å². The Morgan fingerprint density at radius 1 is 1.50 bits per heavy atom. The third-order valence-corrected chi connectivity index (χ3v) is 2.02. The van der Waals surface area contributed by atoms with Crippen LogP contribution in [0.25, 0.3) is 0 Å². The zero-order valence-corrected chi connectivity index (χ0v) is 9.86. The van der Waals surface area contributed by atoms with E-state index in [2.05, 4.69) is 10.3 Å². The van der Waals surface area contributed by atoms with Gasteiger partial charge < -0.3 is 15.0 Å². The standard InChI is InChI=1S/C11H17N3O2/c1-12-6-9-4-5-10(7-13-9)16-8-11(15)14(2)3/h4-5,7,12H,6,8H2,1-3H3. The molecule has 0 aliphatic heterocycles. The molecule has 0 saturated carbocycles. The van der Waals surface area contributed by atoms with E-state index >= 15 is 0 Å². The summed E-state index contributed by atoms with van der Waals surface area (Å²) in [6.07, 6.45) is 1.62.